The van der Waals surface area contributed by atoms with Gasteiger partial charge in [0.2, 0.25) is 5.91 Å². The number of nitrogens with one attached hydrogen (secondary N) is 3. The van der Waals surface area contributed by atoms with Crippen LogP contribution in [0.1, 0.15) is 26.3 Å². The molecule has 0 aliphatic heterocycles. The van der Waals surface area contributed by atoms with E-state index >= 15 is 0 Å². The first-order valence-corrected chi connectivity index (χ1v) is 9.43. The van der Waals surface area contributed by atoms with Crippen LogP contribution in [0.25, 0.3) is 0 Å². The Labute approximate surface area is 147 Å². The van der Waals surface area contributed by atoms with E-state index in [2.05, 4.69) is 20.9 Å². The molecule has 0 radical (unpaired) electrons. The Bertz CT molecular complexity index is 568. The summed E-state index contributed by atoms with van der Waals surface area (Å²) in [6, 6.07) is 9.77. The van der Waals surface area contributed by atoms with E-state index in [0.717, 1.165) is 5.56 Å². The number of carbonyl (C=O) groups excluding carboxylic acids is 1. The summed E-state index contributed by atoms with van der Waals surface area (Å²) in [6.45, 7) is 6.46. The second kappa shape index (κ2) is 10.1. The molecule has 0 bridgehead atoms. The smallest absolute Gasteiger partial charge is 0.239 e. The second-order valence-electron chi connectivity index (χ2n) is 6.42. The van der Waals surface area contributed by atoms with Gasteiger partial charge >= 0.3 is 0 Å². The van der Waals surface area contributed by atoms with Gasteiger partial charge in [-0.1, -0.05) is 30.3 Å². The van der Waals surface area contributed by atoms with Crippen molar-refractivity contribution in [3.63, 3.8) is 0 Å². The summed E-state index contributed by atoms with van der Waals surface area (Å²) in [5.74, 6) is 1.49. The third kappa shape index (κ3) is 9.29. The fourth-order valence-corrected chi connectivity index (χ4v) is 3.00. The topological polar surface area (TPSA) is 82.6 Å². The molecule has 0 saturated heterocycles. The molecular formula is C17H28N4O2S. The van der Waals surface area contributed by atoms with E-state index in [-0.39, 0.29) is 18.0 Å². The van der Waals surface area contributed by atoms with Crippen molar-refractivity contribution in [3.8, 4) is 0 Å². The molecular weight excluding hydrogens is 324 g/mol. The molecule has 1 unspecified atom stereocenters. The van der Waals surface area contributed by atoms with Crippen molar-refractivity contribution in [1.29, 1.82) is 0 Å². The molecule has 0 aromatic heterocycles. The van der Waals surface area contributed by atoms with Gasteiger partial charge in [0.1, 0.15) is 0 Å². The van der Waals surface area contributed by atoms with Crippen LogP contribution in [0.3, 0.4) is 0 Å². The van der Waals surface area contributed by atoms with Crippen LogP contribution in [-0.4, -0.2) is 47.5 Å². The lowest BCUT2D eigenvalue weighted by molar-refractivity contribution is -0.121. The van der Waals surface area contributed by atoms with Crippen LogP contribution in [0.2, 0.25) is 0 Å². The SMILES string of the molecule is CN=C(NCCS(=O)Cc1ccccc1)NCC(=O)NC(C)(C)C. The number of rotatable bonds is 7. The molecule has 24 heavy (non-hydrogen) atoms. The minimum absolute atomic E-state index is 0.0990. The standard InChI is InChI=1S/C17H28N4O2S/c1-17(2,3)21-15(22)12-20-16(18-4)19-10-11-24(23)13-14-8-6-5-7-9-14/h5-9H,10-13H2,1-4H3,(H,21,22)(H2,18,19,20). The van der Waals surface area contributed by atoms with Crippen LogP contribution >= 0.6 is 0 Å². The van der Waals surface area contributed by atoms with E-state index in [1.807, 2.05) is 51.1 Å². The van der Waals surface area contributed by atoms with E-state index < -0.39 is 10.8 Å². The number of aliphatic imine (C=N–C) groups is 1. The third-order valence-electron chi connectivity index (χ3n) is 2.95. The van der Waals surface area contributed by atoms with Gasteiger partial charge in [0.25, 0.3) is 0 Å². The number of hydrogen-bond acceptors (Lipinski definition) is 3. The predicted octanol–water partition coefficient (Wildman–Crippen LogP) is 1.01. The van der Waals surface area contributed by atoms with Gasteiger partial charge in [0.15, 0.2) is 5.96 Å². The Morgan fingerprint density at radius 1 is 1.17 bits per heavy atom. The average Bonchev–Trinajstić information content (AvgIpc) is 2.50. The minimum atomic E-state index is -0.940. The zero-order valence-corrected chi connectivity index (χ0v) is 15.7. The maximum atomic E-state index is 12.1. The van der Waals surface area contributed by atoms with Gasteiger partial charge in [0, 0.05) is 41.4 Å². The molecule has 1 aromatic carbocycles. The number of nitrogens with zero attached hydrogens (tertiary/aromatic N) is 1. The Balaban J connectivity index is 2.27. The summed E-state index contributed by atoms with van der Waals surface area (Å²) in [5, 5.41) is 8.88. The van der Waals surface area contributed by atoms with Gasteiger partial charge in [-0.05, 0) is 26.3 Å². The second-order valence-corrected chi connectivity index (χ2v) is 8.00. The van der Waals surface area contributed by atoms with Crippen molar-refractivity contribution in [1.82, 2.24) is 16.0 Å². The van der Waals surface area contributed by atoms with Gasteiger partial charge in [-0.25, -0.2) is 0 Å². The molecule has 6 nitrogen and oxygen atoms in total. The molecule has 0 aliphatic rings. The third-order valence-corrected chi connectivity index (χ3v) is 4.26. The number of hydrogen-bond donors (Lipinski definition) is 3. The minimum Gasteiger partial charge on any atom is -0.355 e. The molecule has 134 valence electrons. The maximum Gasteiger partial charge on any atom is 0.239 e. The largest absolute Gasteiger partial charge is 0.355 e. The maximum absolute atomic E-state index is 12.1. The summed E-state index contributed by atoms with van der Waals surface area (Å²) in [7, 11) is 0.697. The van der Waals surface area contributed by atoms with Gasteiger partial charge in [-0.15, -0.1) is 0 Å². The Hall–Kier alpha value is -1.89. The molecule has 0 spiro atoms. The van der Waals surface area contributed by atoms with Gasteiger partial charge in [0.05, 0.1) is 6.54 Å². The summed E-state index contributed by atoms with van der Waals surface area (Å²) in [4.78, 5) is 15.8. The lowest BCUT2D eigenvalue weighted by Gasteiger charge is -2.21. The van der Waals surface area contributed by atoms with Crippen LogP contribution in [0.5, 0.6) is 0 Å². The van der Waals surface area contributed by atoms with E-state index in [1.54, 1.807) is 7.05 Å². The average molecular weight is 353 g/mol. The number of amides is 1. The molecule has 1 rings (SSSR count). The lowest BCUT2D eigenvalue weighted by atomic mass is 10.1. The molecule has 0 fully saturated rings. The zero-order chi connectivity index (χ0) is 18.0. The molecule has 1 aromatic rings. The monoisotopic (exact) mass is 352 g/mol. The van der Waals surface area contributed by atoms with Gasteiger partial charge in [-0.2, -0.15) is 0 Å². The quantitative estimate of drug-likeness (QED) is 0.505. The number of benzene rings is 1. The Kier molecular flexibility index (Phi) is 8.46. The lowest BCUT2D eigenvalue weighted by Crippen LogP contribution is -2.48. The van der Waals surface area contributed by atoms with E-state index in [9.17, 15) is 9.00 Å². The fourth-order valence-electron chi connectivity index (χ4n) is 1.96. The molecule has 7 heteroatoms. The first kappa shape index (κ1) is 20.2. The van der Waals surface area contributed by atoms with Crippen molar-refractivity contribution in [3.05, 3.63) is 35.9 Å². The first-order valence-electron chi connectivity index (χ1n) is 7.94. The summed E-state index contributed by atoms with van der Waals surface area (Å²) in [5.41, 5.74) is 0.807. The van der Waals surface area contributed by atoms with Crippen LogP contribution in [0.15, 0.2) is 35.3 Å². The Morgan fingerprint density at radius 3 is 2.42 bits per heavy atom. The zero-order valence-electron chi connectivity index (χ0n) is 14.9. The molecule has 0 saturated carbocycles. The van der Waals surface area contributed by atoms with Gasteiger partial charge in [-0.3, -0.25) is 14.0 Å². The highest BCUT2D eigenvalue weighted by molar-refractivity contribution is 7.84. The summed E-state index contributed by atoms with van der Waals surface area (Å²) in [6.07, 6.45) is 0. The van der Waals surface area contributed by atoms with Crippen molar-refractivity contribution >= 4 is 22.7 Å². The molecule has 1 atom stereocenters. The highest BCUT2D eigenvalue weighted by Crippen LogP contribution is 2.02. The van der Waals surface area contributed by atoms with Crippen LogP contribution < -0.4 is 16.0 Å². The number of guanidine groups is 1. The van der Waals surface area contributed by atoms with Crippen LogP contribution in [-0.2, 0) is 21.3 Å². The molecule has 3 N–H and O–H groups in total. The fraction of sp³-hybridized carbons (Fsp3) is 0.529. The number of carbonyl (C=O) groups is 1. The van der Waals surface area contributed by atoms with Gasteiger partial charge < -0.3 is 16.0 Å². The normalized spacial score (nSPS) is 13.2. The Morgan fingerprint density at radius 2 is 1.83 bits per heavy atom. The predicted molar refractivity (Wildman–Crippen MR) is 100 cm³/mol. The van der Waals surface area contributed by atoms with E-state index in [4.69, 9.17) is 0 Å². The van der Waals surface area contributed by atoms with E-state index in [1.165, 1.54) is 0 Å². The molecule has 1 amide bonds. The van der Waals surface area contributed by atoms with Crippen molar-refractivity contribution in [2.24, 2.45) is 4.99 Å². The van der Waals surface area contributed by atoms with Crippen LogP contribution in [0.4, 0.5) is 0 Å². The van der Waals surface area contributed by atoms with Crippen molar-refractivity contribution in [2.75, 3.05) is 25.9 Å². The first-order chi connectivity index (χ1) is 11.3. The summed E-state index contributed by atoms with van der Waals surface area (Å²) < 4.78 is 12.1. The van der Waals surface area contributed by atoms with Crippen molar-refractivity contribution in [2.45, 2.75) is 32.1 Å². The molecule has 0 aliphatic carbocycles. The van der Waals surface area contributed by atoms with E-state index in [0.29, 0.717) is 24.0 Å². The van der Waals surface area contributed by atoms with Crippen LogP contribution in [0, 0.1) is 0 Å². The van der Waals surface area contributed by atoms with Crippen molar-refractivity contribution < 1.29 is 9.00 Å². The molecule has 0 heterocycles. The highest BCUT2D eigenvalue weighted by atomic mass is 32.2. The highest BCUT2D eigenvalue weighted by Gasteiger charge is 2.13. The summed E-state index contributed by atoms with van der Waals surface area (Å²) >= 11 is 0.